The van der Waals surface area contributed by atoms with Gasteiger partial charge in [0, 0.05) is 16.2 Å². The molecule has 1 amide bonds. The monoisotopic (exact) mass is 360 g/mol. The first-order chi connectivity index (χ1) is 9.38. The lowest BCUT2D eigenvalue weighted by Crippen LogP contribution is -2.15. The van der Waals surface area contributed by atoms with Crippen LogP contribution in [0.25, 0.3) is 0 Å². The van der Waals surface area contributed by atoms with Gasteiger partial charge < -0.3 is 11.1 Å². The largest absolute Gasteiger partial charge is 0.398 e. The van der Waals surface area contributed by atoms with Gasteiger partial charge in [0.25, 0.3) is 5.91 Å². The molecule has 7 heteroatoms. The first-order valence-corrected chi connectivity index (χ1v) is 6.56. The van der Waals surface area contributed by atoms with Crippen molar-refractivity contribution < 1.29 is 13.6 Å². The van der Waals surface area contributed by atoms with E-state index in [2.05, 4.69) is 21.2 Å². The number of carbonyl (C=O) groups is 1. The number of hydrogen-bond donors (Lipinski definition) is 2. The summed E-state index contributed by atoms with van der Waals surface area (Å²) in [5, 5.41) is 2.78. The Morgan fingerprint density at radius 1 is 1.20 bits per heavy atom. The van der Waals surface area contributed by atoms with Crippen LogP contribution in [0.2, 0.25) is 5.02 Å². The number of carbonyl (C=O) groups excluding carboxylic acids is 1. The van der Waals surface area contributed by atoms with Crippen molar-refractivity contribution in [1.82, 2.24) is 0 Å². The second kappa shape index (κ2) is 5.76. The average molecular weight is 362 g/mol. The van der Waals surface area contributed by atoms with Crippen LogP contribution < -0.4 is 11.1 Å². The third-order valence-electron chi connectivity index (χ3n) is 2.52. The van der Waals surface area contributed by atoms with Crippen molar-refractivity contribution in [3.05, 3.63) is 57.0 Å². The van der Waals surface area contributed by atoms with E-state index >= 15 is 0 Å². The Labute approximate surface area is 126 Å². The molecule has 0 aliphatic rings. The number of halogens is 4. The molecule has 0 spiro atoms. The molecule has 0 bridgehead atoms. The maximum Gasteiger partial charge on any atom is 0.257 e. The first kappa shape index (κ1) is 14.7. The van der Waals surface area contributed by atoms with Crippen LogP contribution in [0.3, 0.4) is 0 Å². The van der Waals surface area contributed by atoms with Crippen LogP contribution in [-0.4, -0.2) is 5.91 Å². The van der Waals surface area contributed by atoms with Gasteiger partial charge in [0.2, 0.25) is 0 Å². The fourth-order valence-corrected chi connectivity index (χ4v) is 2.26. The van der Waals surface area contributed by atoms with Crippen molar-refractivity contribution in [3.8, 4) is 0 Å². The highest BCUT2D eigenvalue weighted by molar-refractivity contribution is 9.10. The molecule has 104 valence electrons. The number of nitrogens with two attached hydrogens (primary N) is 1. The van der Waals surface area contributed by atoms with Crippen LogP contribution in [0.4, 0.5) is 20.2 Å². The van der Waals surface area contributed by atoms with Crippen molar-refractivity contribution in [2.75, 3.05) is 11.1 Å². The van der Waals surface area contributed by atoms with E-state index in [4.69, 9.17) is 17.3 Å². The molecular weight excluding hydrogens is 354 g/mol. The minimum Gasteiger partial charge on any atom is -0.398 e. The summed E-state index contributed by atoms with van der Waals surface area (Å²) in [7, 11) is 0. The van der Waals surface area contributed by atoms with Crippen molar-refractivity contribution in [2.45, 2.75) is 0 Å². The molecule has 0 fully saturated rings. The lowest BCUT2D eigenvalue weighted by molar-refractivity contribution is 0.102. The van der Waals surface area contributed by atoms with Gasteiger partial charge in [-0.1, -0.05) is 27.5 Å². The predicted molar refractivity (Wildman–Crippen MR) is 77.9 cm³/mol. The van der Waals surface area contributed by atoms with Gasteiger partial charge in [-0.2, -0.15) is 0 Å². The molecule has 0 aliphatic heterocycles. The molecule has 2 aromatic carbocycles. The molecule has 3 N–H and O–H groups in total. The van der Waals surface area contributed by atoms with E-state index in [1.165, 1.54) is 0 Å². The summed E-state index contributed by atoms with van der Waals surface area (Å²) in [6.07, 6.45) is 0. The van der Waals surface area contributed by atoms with E-state index in [1.807, 2.05) is 0 Å². The molecule has 0 saturated carbocycles. The third-order valence-corrected chi connectivity index (χ3v) is 3.32. The van der Waals surface area contributed by atoms with Crippen LogP contribution in [0.15, 0.2) is 34.8 Å². The van der Waals surface area contributed by atoms with Gasteiger partial charge >= 0.3 is 0 Å². The summed E-state index contributed by atoms with van der Waals surface area (Å²) in [5.74, 6) is -2.93. The molecule has 0 atom stereocenters. The molecule has 3 nitrogen and oxygen atoms in total. The van der Waals surface area contributed by atoms with E-state index in [9.17, 15) is 13.6 Å². The second-order valence-corrected chi connectivity index (χ2v) is 5.25. The van der Waals surface area contributed by atoms with Crippen molar-refractivity contribution in [2.24, 2.45) is 0 Å². The number of rotatable bonds is 2. The Balaban J connectivity index is 2.31. The van der Waals surface area contributed by atoms with Crippen molar-refractivity contribution in [3.63, 3.8) is 0 Å². The van der Waals surface area contributed by atoms with E-state index in [0.717, 1.165) is 16.6 Å². The summed E-state index contributed by atoms with van der Waals surface area (Å²) in [6, 6.07) is 6.34. The molecule has 2 rings (SSSR count). The summed E-state index contributed by atoms with van der Waals surface area (Å²) in [6.45, 7) is 0. The van der Waals surface area contributed by atoms with Gasteiger partial charge in [0.1, 0.15) is 0 Å². The molecule has 0 radical (unpaired) electrons. The van der Waals surface area contributed by atoms with Gasteiger partial charge in [-0.15, -0.1) is 0 Å². The number of amides is 1. The van der Waals surface area contributed by atoms with E-state index in [0.29, 0.717) is 10.7 Å². The molecule has 2 aromatic rings. The SMILES string of the molecule is Nc1cc(F)c(F)cc1C(=O)Nc1ccc(Br)cc1Cl. The lowest BCUT2D eigenvalue weighted by atomic mass is 10.1. The van der Waals surface area contributed by atoms with Crippen LogP contribution in [0.1, 0.15) is 10.4 Å². The van der Waals surface area contributed by atoms with Crippen molar-refractivity contribution in [1.29, 1.82) is 0 Å². The maximum atomic E-state index is 13.1. The quantitative estimate of drug-likeness (QED) is 0.787. The molecular formula is C13H8BrClF2N2O. The van der Waals surface area contributed by atoms with Crippen molar-refractivity contribution >= 4 is 44.8 Å². The molecule has 0 aromatic heterocycles. The predicted octanol–water partition coefficient (Wildman–Crippen LogP) is 4.22. The highest BCUT2D eigenvalue weighted by atomic mass is 79.9. The number of benzene rings is 2. The highest BCUT2D eigenvalue weighted by Crippen LogP contribution is 2.27. The molecule has 0 heterocycles. The zero-order valence-electron chi connectivity index (χ0n) is 9.88. The van der Waals surface area contributed by atoms with Crippen LogP contribution in [-0.2, 0) is 0 Å². The number of nitrogen functional groups attached to an aromatic ring is 1. The minimum atomic E-state index is -1.15. The minimum absolute atomic E-state index is 0.158. The Kier molecular flexibility index (Phi) is 4.25. The van der Waals surface area contributed by atoms with Gasteiger partial charge in [0.05, 0.1) is 16.3 Å². The summed E-state index contributed by atoms with van der Waals surface area (Å²) in [4.78, 5) is 12.0. The Morgan fingerprint density at radius 3 is 2.50 bits per heavy atom. The molecule has 20 heavy (non-hydrogen) atoms. The maximum absolute atomic E-state index is 13.1. The van der Waals surface area contributed by atoms with Crippen LogP contribution in [0, 0.1) is 11.6 Å². The Morgan fingerprint density at radius 2 is 1.85 bits per heavy atom. The van der Waals surface area contributed by atoms with E-state index in [-0.39, 0.29) is 11.3 Å². The Bertz CT molecular complexity index is 694. The topological polar surface area (TPSA) is 55.1 Å². The van der Waals surface area contributed by atoms with Gasteiger partial charge in [-0.25, -0.2) is 8.78 Å². The smallest absolute Gasteiger partial charge is 0.257 e. The number of hydrogen-bond acceptors (Lipinski definition) is 2. The van der Waals surface area contributed by atoms with E-state index < -0.39 is 17.5 Å². The normalized spacial score (nSPS) is 10.4. The fraction of sp³-hybridized carbons (Fsp3) is 0. The lowest BCUT2D eigenvalue weighted by Gasteiger charge is -2.09. The molecule has 0 unspecified atom stereocenters. The van der Waals surface area contributed by atoms with Gasteiger partial charge in [0.15, 0.2) is 11.6 Å². The zero-order valence-corrected chi connectivity index (χ0v) is 12.2. The van der Waals surface area contributed by atoms with Crippen LogP contribution >= 0.6 is 27.5 Å². The Hall–Kier alpha value is -1.66. The summed E-state index contributed by atoms with van der Waals surface area (Å²) >= 11 is 9.18. The summed E-state index contributed by atoms with van der Waals surface area (Å²) in [5.41, 5.74) is 5.51. The second-order valence-electron chi connectivity index (χ2n) is 3.93. The number of anilines is 2. The summed E-state index contributed by atoms with van der Waals surface area (Å²) < 4.78 is 26.8. The fourth-order valence-electron chi connectivity index (χ4n) is 1.54. The van der Waals surface area contributed by atoms with Gasteiger partial charge in [-0.3, -0.25) is 4.79 Å². The highest BCUT2D eigenvalue weighted by Gasteiger charge is 2.15. The average Bonchev–Trinajstić information content (AvgIpc) is 2.37. The molecule has 0 aliphatic carbocycles. The third kappa shape index (κ3) is 3.08. The first-order valence-electron chi connectivity index (χ1n) is 5.39. The zero-order chi connectivity index (χ0) is 14.9. The molecule has 0 saturated heterocycles. The standard InChI is InChI=1S/C13H8BrClF2N2O/c14-6-1-2-12(8(15)3-6)19-13(20)7-4-9(16)10(17)5-11(7)18/h1-5H,18H2,(H,19,20). The van der Waals surface area contributed by atoms with E-state index in [1.54, 1.807) is 18.2 Å². The number of nitrogens with one attached hydrogen (secondary N) is 1. The van der Waals surface area contributed by atoms with Crippen LogP contribution in [0.5, 0.6) is 0 Å². The van der Waals surface area contributed by atoms with Gasteiger partial charge in [-0.05, 0) is 24.3 Å².